The Morgan fingerprint density at radius 1 is 1.56 bits per heavy atom. The Labute approximate surface area is 117 Å². The van der Waals surface area contributed by atoms with Gasteiger partial charge in [-0.3, -0.25) is 0 Å². The molecule has 0 aromatic heterocycles. The lowest BCUT2D eigenvalue weighted by Gasteiger charge is -2.26. The van der Waals surface area contributed by atoms with Gasteiger partial charge in [0.2, 0.25) is 0 Å². The van der Waals surface area contributed by atoms with Gasteiger partial charge in [-0.15, -0.1) is 0 Å². The van der Waals surface area contributed by atoms with E-state index >= 15 is 0 Å². The van der Waals surface area contributed by atoms with Gasteiger partial charge in [0.25, 0.3) is 0 Å². The molecule has 2 unspecified atom stereocenters. The van der Waals surface area contributed by atoms with Crippen molar-refractivity contribution in [1.29, 1.82) is 0 Å². The average molecular weight is 313 g/mol. The molecule has 0 amide bonds. The highest BCUT2D eigenvalue weighted by Crippen LogP contribution is 2.31. The van der Waals surface area contributed by atoms with E-state index in [1.807, 2.05) is 12.1 Å². The molecule has 0 spiro atoms. The van der Waals surface area contributed by atoms with E-state index < -0.39 is 0 Å². The van der Waals surface area contributed by atoms with Crippen LogP contribution in [0.4, 0.5) is 0 Å². The van der Waals surface area contributed by atoms with Gasteiger partial charge in [0, 0.05) is 16.1 Å². The van der Waals surface area contributed by atoms with Crippen LogP contribution in [-0.4, -0.2) is 20.2 Å². The van der Waals surface area contributed by atoms with Crippen molar-refractivity contribution in [3.63, 3.8) is 0 Å². The smallest absolute Gasteiger partial charge is 0.123 e. The van der Waals surface area contributed by atoms with Crippen LogP contribution in [0.3, 0.4) is 0 Å². The summed E-state index contributed by atoms with van der Waals surface area (Å²) in [6.45, 7) is 2.23. The Balaban J connectivity index is 2.07. The second-order valence-electron chi connectivity index (χ2n) is 4.94. The second-order valence-corrected chi connectivity index (χ2v) is 5.86. The first-order valence-electron chi connectivity index (χ1n) is 6.50. The van der Waals surface area contributed by atoms with Gasteiger partial charge in [0.05, 0.1) is 7.11 Å². The van der Waals surface area contributed by atoms with Gasteiger partial charge in [-0.25, -0.2) is 0 Å². The van der Waals surface area contributed by atoms with Crippen LogP contribution >= 0.6 is 15.9 Å². The first-order chi connectivity index (χ1) is 8.70. The fourth-order valence-corrected chi connectivity index (χ4v) is 2.99. The van der Waals surface area contributed by atoms with E-state index in [-0.39, 0.29) is 6.04 Å². The van der Waals surface area contributed by atoms with Gasteiger partial charge in [-0.1, -0.05) is 15.9 Å². The largest absolute Gasteiger partial charge is 0.496 e. The minimum absolute atomic E-state index is 0.0438. The number of hydrogen-bond acceptors (Lipinski definition) is 3. The second kappa shape index (κ2) is 6.55. The minimum atomic E-state index is 0.0438. The van der Waals surface area contributed by atoms with Gasteiger partial charge < -0.3 is 15.8 Å². The van der Waals surface area contributed by atoms with Crippen LogP contribution in [0.5, 0.6) is 5.75 Å². The topological polar surface area (TPSA) is 47.3 Å². The van der Waals surface area contributed by atoms with Crippen LogP contribution in [0.15, 0.2) is 22.7 Å². The first kappa shape index (κ1) is 13.8. The van der Waals surface area contributed by atoms with Crippen molar-refractivity contribution in [2.45, 2.75) is 25.3 Å². The number of nitrogens with two attached hydrogens (primary N) is 1. The predicted molar refractivity (Wildman–Crippen MR) is 77.8 cm³/mol. The van der Waals surface area contributed by atoms with Gasteiger partial charge in [0.1, 0.15) is 5.75 Å². The average Bonchev–Trinajstić information content (AvgIpc) is 2.40. The maximum atomic E-state index is 6.34. The lowest BCUT2D eigenvalue weighted by Crippen LogP contribution is -2.31. The fourth-order valence-electron chi connectivity index (χ4n) is 2.61. The minimum Gasteiger partial charge on any atom is -0.496 e. The Morgan fingerprint density at radius 3 is 3.06 bits per heavy atom. The van der Waals surface area contributed by atoms with Crippen LogP contribution in [-0.2, 0) is 0 Å². The summed E-state index contributed by atoms with van der Waals surface area (Å²) in [6.07, 6.45) is 3.55. The van der Waals surface area contributed by atoms with E-state index in [0.29, 0.717) is 5.92 Å². The highest BCUT2D eigenvalue weighted by atomic mass is 79.9. The summed E-state index contributed by atoms with van der Waals surface area (Å²) in [7, 11) is 1.70. The summed E-state index contributed by atoms with van der Waals surface area (Å²) in [6, 6.07) is 6.07. The third-order valence-electron chi connectivity index (χ3n) is 3.58. The molecule has 1 saturated heterocycles. The van der Waals surface area contributed by atoms with Gasteiger partial charge in [0.15, 0.2) is 0 Å². The zero-order valence-electron chi connectivity index (χ0n) is 10.8. The fraction of sp³-hybridized carbons (Fsp3) is 0.571. The maximum absolute atomic E-state index is 6.34. The third kappa shape index (κ3) is 3.46. The van der Waals surface area contributed by atoms with E-state index in [4.69, 9.17) is 10.5 Å². The van der Waals surface area contributed by atoms with E-state index in [1.165, 1.54) is 12.8 Å². The van der Waals surface area contributed by atoms with Crippen LogP contribution in [0, 0.1) is 5.92 Å². The predicted octanol–water partition coefficient (Wildman–Crippen LogP) is 2.85. The molecule has 18 heavy (non-hydrogen) atoms. The quantitative estimate of drug-likeness (QED) is 0.898. The summed E-state index contributed by atoms with van der Waals surface area (Å²) < 4.78 is 6.45. The first-order valence-corrected chi connectivity index (χ1v) is 7.29. The van der Waals surface area contributed by atoms with Crippen molar-refractivity contribution in [1.82, 2.24) is 5.32 Å². The molecule has 1 heterocycles. The molecule has 1 aliphatic rings. The molecule has 1 aromatic carbocycles. The van der Waals surface area contributed by atoms with Crippen LogP contribution in [0.1, 0.15) is 30.9 Å². The number of methoxy groups -OCH3 is 1. The molecular formula is C14H21BrN2O. The lowest BCUT2D eigenvalue weighted by molar-refractivity contribution is 0.331. The summed E-state index contributed by atoms with van der Waals surface area (Å²) in [5, 5.41) is 3.44. The van der Waals surface area contributed by atoms with Crippen molar-refractivity contribution < 1.29 is 4.74 Å². The van der Waals surface area contributed by atoms with Crippen LogP contribution < -0.4 is 15.8 Å². The van der Waals surface area contributed by atoms with E-state index in [0.717, 1.165) is 35.3 Å². The van der Waals surface area contributed by atoms with Crippen molar-refractivity contribution in [2.75, 3.05) is 20.2 Å². The van der Waals surface area contributed by atoms with E-state index in [9.17, 15) is 0 Å². The third-order valence-corrected chi connectivity index (χ3v) is 4.07. The van der Waals surface area contributed by atoms with E-state index in [1.54, 1.807) is 7.11 Å². The SMILES string of the molecule is COc1ccc(Br)cc1C(N)CC1CCCNC1. The molecule has 1 fully saturated rings. The Bertz CT molecular complexity index is 391. The number of rotatable bonds is 4. The maximum Gasteiger partial charge on any atom is 0.123 e. The zero-order valence-corrected chi connectivity index (χ0v) is 12.4. The number of benzene rings is 1. The summed E-state index contributed by atoms with van der Waals surface area (Å²) in [5.74, 6) is 1.56. The molecule has 3 N–H and O–H groups in total. The molecule has 1 aliphatic heterocycles. The Hall–Kier alpha value is -0.580. The lowest BCUT2D eigenvalue weighted by atomic mass is 9.89. The summed E-state index contributed by atoms with van der Waals surface area (Å²) in [5.41, 5.74) is 7.44. The zero-order chi connectivity index (χ0) is 13.0. The highest BCUT2D eigenvalue weighted by molar-refractivity contribution is 9.10. The number of ether oxygens (including phenoxy) is 1. The normalized spacial score (nSPS) is 21.6. The molecule has 0 aliphatic carbocycles. The van der Waals surface area contributed by atoms with Gasteiger partial charge in [-0.2, -0.15) is 0 Å². The molecule has 100 valence electrons. The molecule has 2 atom stereocenters. The van der Waals surface area contributed by atoms with Crippen LogP contribution in [0.25, 0.3) is 0 Å². The number of nitrogens with one attached hydrogen (secondary N) is 1. The van der Waals surface area contributed by atoms with Gasteiger partial charge in [-0.05, 0) is 56.5 Å². The molecular weight excluding hydrogens is 292 g/mol. The molecule has 2 rings (SSSR count). The number of piperidine rings is 1. The van der Waals surface area contributed by atoms with Crippen molar-refractivity contribution in [3.05, 3.63) is 28.2 Å². The Morgan fingerprint density at radius 2 is 2.39 bits per heavy atom. The molecule has 4 heteroatoms. The van der Waals surface area contributed by atoms with Crippen LogP contribution in [0.2, 0.25) is 0 Å². The van der Waals surface area contributed by atoms with Crippen molar-refractivity contribution in [3.8, 4) is 5.75 Å². The standard InChI is InChI=1S/C14H21BrN2O/c1-18-14-5-4-11(15)8-12(14)13(16)7-10-3-2-6-17-9-10/h4-5,8,10,13,17H,2-3,6-7,9,16H2,1H3. The molecule has 0 bridgehead atoms. The number of halogens is 1. The Kier molecular flexibility index (Phi) is 5.03. The highest BCUT2D eigenvalue weighted by Gasteiger charge is 2.19. The molecule has 0 radical (unpaired) electrons. The number of hydrogen-bond donors (Lipinski definition) is 2. The molecule has 0 saturated carbocycles. The van der Waals surface area contributed by atoms with Gasteiger partial charge >= 0.3 is 0 Å². The van der Waals surface area contributed by atoms with E-state index in [2.05, 4.69) is 27.3 Å². The summed E-state index contributed by atoms with van der Waals surface area (Å²) in [4.78, 5) is 0. The van der Waals surface area contributed by atoms with Crippen molar-refractivity contribution in [2.24, 2.45) is 11.7 Å². The monoisotopic (exact) mass is 312 g/mol. The molecule has 3 nitrogen and oxygen atoms in total. The summed E-state index contributed by atoms with van der Waals surface area (Å²) >= 11 is 3.50. The molecule has 1 aromatic rings. The van der Waals surface area contributed by atoms with Crippen molar-refractivity contribution >= 4 is 15.9 Å².